The van der Waals surface area contributed by atoms with E-state index in [0.29, 0.717) is 11.9 Å². The number of nitrogens with zero attached hydrogens (tertiary/aromatic N) is 4. The predicted octanol–water partition coefficient (Wildman–Crippen LogP) is 2.73. The number of anilines is 2. The maximum Gasteiger partial charge on any atom is 0.227 e. The normalized spacial score (nSPS) is 15.0. The summed E-state index contributed by atoms with van der Waals surface area (Å²) in [5.41, 5.74) is 1.86. The van der Waals surface area contributed by atoms with Crippen LogP contribution >= 0.6 is 11.6 Å². The van der Waals surface area contributed by atoms with E-state index in [2.05, 4.69) is 25.5 Å². The Kier molecular flexibility index (Phi) is 2.25. The molecule has 19 heavy (non-hydrogen) atoms. The minimum Gasteiger partial charge on any atom is -0.310 e. The van der Waals surface area contributed by atoms with Gasteiger partial charge in [-0.05, 0) is 36.6 Å². The predicted molar refractivity (Wildman–Crippen MR) is 71.8 cm³/mol. The van der Waals surface area contributed by atoms with Gasteiger partial charge in [-0.3, -0.25) is 9.50 Å². The molecule has 1 fully saturated rings. The highest BCUT2D eigenvalue weighted by atomic mass is 35.5. The van der Waals surface area contributed by atoms with E-state index in [1.165, 1.54) is 12.8 Å². The molecule has 0 spiro atoms. The smallest absolute Gasteiger partial charge is 0.227 e. The van der Waals surface area contributed by atoms with Gasteiger partial charge >= 0.3 is 0 Å². The summed E-state index contributed by atoms with van der Waals surface area (Å²) in [6.07, 6.45) is 4.34. The van der Waals surface area contributed by atoms with Crippen molar-refractivity contribution in [1.29, 1.82) is 0 Å². The van der Waals surface area contributed by atoms with Crippen LogP contribution in [0.5, 0.6) is 0 Å². The standard InChI is InChI=1S/C12H11ClN6/c13-11-15-10-2-1-5-19(10)12(16-11)14-9-6-8(17-18-9)7-3-4-7/h1-2,5-7H,3-4H2,(H2,14,15,16,17,18). The van der Waals surface area contributed by atoms with Crippen LogP contribution in [0.15, 0.2) is 24.4 Å². The second-order valence-electron chi connectivity index (χ2n) is 4.66. The Morgan fingerprint density at radius 1 is 1.37 bits per heavy atom. The average molecular weight is 275 g/mol. The average Bonchev–Trinajstić information content (AvgIpc) is 2.95. The highest BCUT2D eigenvalue weighted by Crippen LogP contribution is 2.39. The molecule has 1 aliphatic rings. The van der Waals surface area contributed by atoms with Gasteiger partial charge in [0.2, 0.25) is 11.2 Å². The SMILES string of the molecule is Clc1nc(Nc2cc(C3CC3)n[nH]2)n2cccc2n1. The Bertz CT molecular complexity index is 742. The van der Waals surface area contributed by atoms with Gasteiger partial charge in [-0.25, -0.2) is 0 Å². The van der Waals surface area contributed by atoms with Crippen molar-refractivity contribution >= 4 is 29.0 Å². The molecular weight excluding hydrogens is 264 g/mol. The number of hydrogen-bond acceptors (Lipinski definition) is 4. The highest BCUT2D eigenvalue weighted by Gasteiger charge is 2.26. The summed E-state index contributed by atoms with van der Waals surface area (Å²) in [5, 5.41) is 10.7. The monoisotopic (exact) mass is 274 g/mol. The van der Waals surface area contributed by atoms with Crippen LogP contribution in [0.4, 0.5) is 11.8 Å². The topological polar surface area (TPSA) is 70.9 Å². The molecule has 3 aromatic rings. The third kappa shape index (κ3) is 1.94. The summed E-state index contributed by atoms with van der Waals surface area (Å²) in [7, 11) is 0. The molecule has 4 rings (SSSR count). The summed E-state index contributed by atoms with van der Waals surface area (Å²) in [6, 6.07) is 5.79. The zero-order chi connectivity index (χ0) is 12.8. The van der Waals surface area contributed by atoms with E-state index in [1.807, 2.05) is 28.8 Å². The third-order valence-corrected chi connectivity index (χ3v) is 3.37. The molecule has 2 N–H and O–H groups in total. The lowest BCUT2D eigenvalue weighted by molar-refractivity contribution is 0.963. The maximum absolute atomic E-state index is 5.91. The van der Waals surface area contributed by atoms with Crippen LogP contribution in [0.3, 0.4) is 0 Å². The lowest BCUT2D eigenvalue weighted by Crippen LogP contribution is -2.02. The fraction of sp³-hybridized carbons (Fsp3) is 0.250. The van der Waals surface area contributed by atoms with Gasteiger partial charge in [-0.2, -0.15) is 15.1 Å². The maximum atomic E-state index is 5.91. The summed E-state index contributed by atoms with van der Waals surface area (Å²) in [4.78, 5) is 8.33. The Balaban J connectivity index is 1.71. The van der Waals surface area contributed by atoms with E-state index < -0.39 is 0 Å². The van der Waals surface area contributed by atoms with Gasteiger partial charge in [0, 0.05) is 18.2 Å². The number of hydrogen-bond donors (Lipinski definition) is 2. The van der Waals surface area contributed by atoms with E-state index in [9.17, 15) is 0 Å². The van der Waals surface area contributed by atoms with Gasteiger partial charge in [0.05, 0.1) is 5.69 Å². The number of H-pyrrole nitrogens is 1. The number of nitrogens with one attached hydrogen (secondary N) is 2. The minimum atomic E-state index is 0.218. The number of aromatic nitrogens is 5. The van der Waals surface area contributed by atoms with E-state index in [0.717, 1.165) is 17.2 Å². The van der Waals surface area contributed by atoms with Crippen LogP contribution in [-0.4, -0.2) is 24.6 Å². The number of fused-ring (bicyclic) bond motifs is 1. The lowest BCUT2D eigenvalue weighted by atomic mass is 10.3. The van der Waals surface area contributed by atoms with Crippen LogP contribution in [-0.2, 0) is 0 Å². The molecule has 96 valence electrons. The highest BCUT2D eigenvalue weighted by molar-refractivity contribution is 6.28. The van der Waals surface area contributed by atoms with Crippen molar-refractivity contribution in [3.8, 4) is 0 Å². The molecule has 0 bridgehead atoms. The largest absolute Gasteiger partial charge is 0.310 e. The van der Waals surface area contributed by atoms with Crippen molar-refractivity contribution in [2.75, 3.05) is 5.32 Å². The second kappa shape index (κ2) is 3.96. The molecule has 0 atom stereocenters. The van der Waals surface area contributed by atoms with Gasteiger partial charge in [0.1, 0.15) is 11.5 Å². The van der Waals surface area contributed by atoms with Crippen LogP contribution < -0.4 is 5.32 Å². The van der Waals surface area contributed by atoms with Crippen LogP contribution in [0.25, 0.3) is 5.65 Å². The summed E-state index contributed by atoms with van der Waals surface area (Å²) in [5.74, 6) is 2.05. The lowest BCUT2D eigenvalue weighted by Gasteiger charge is -2.05. The zero-order valence-corrected chi connectivity index (χ0v) is 10.7. The van der Waals surface area contributed by atoms with E-state index in [-0.39, 0.29) is 5.28 Å². The van der Waals surface area contributed by atoms with Crippen molar-refractivity contribution < 1.29 is 0 Å². The first-order chi connectivity index (χ1) is 9.29. The molecule has 0 aliphatic heterocycles. The van der Waals surface area contributed by atoms with Crippen LogP contribution in [0, 0.1) is 0 Å². The summed E-state index contributed by atoms with van der Waals surface area (Å²) >= 11 is 5.91. The van der Waals surface area contributed by atoms with Crippen molar-refractivity contribution in [2.45, 2.75) is 18.8 Å². The molecule has 3 aromatic heterocycles. The Morgan fingerprint density at radius 2 is 2.26 bits per heavy atom. The first-order valence-corrected chi connectivity index (χ1v) is 6.50. The van der Waals surface area contributed by atoms with Crippen LogP contribution in [0.1, 0.15) is 24.5 Å². The summed E-state index contributed by atoms with van der Waals surface area (Å²) in [6.45, 7) is 0. The van der Waals surface area contributed by atoms with E-state index in [1.54, 1.807) is 0 Å². The van der Waals surface area contributed by atoms with Gasteiger partial charge in [-0.1, -0.05) is 0 Å². The molecule has 1 saturated carbocycles. The van der Waals surface area contributed by atoms with Gasteiger partial charge < -0.3 is 5.32 Å². The molecule has 0 amide bonds. The van der Waals surface area contributed by atoms with Gasteiger partial charge in [0.15, 0.2) is 0 Å². The van der Waals surface area contributed by atoms with Crippen molar-refractivity contribution in [1.82, 2.24) is 24.6 Å². The number of aromatic amines is 1. The van der Waals surface area contributed by atoms with Crippen molar-refractivity contribution in [2.24, 2.45) is 0 Å². The Morgan fingerprint density at radius 3 is 3.11 bits per heavy atom. The summed E-state index contributed by atoms with van der Waals surface area (Å²) < 4.78 is 1.84. The second-order valence-corrected chi connectivity index (χ2v) is 5.00. The molecule has 0 radical (unpaired) electrons. The zero-order valence-electron chi connectivity index (χ0n) is 9.97. The minimum absolute atomic E-state index is 0.218. The third-order valence-electron chi connectivity index (χ3n) is 3.20. The van der Waals surface area contributed by atoms with Crippen LogP contribution in [0.2, 0.25) is 5.28 Å². The molecule has 1 aliphatic carbocycles. The number of halogens is 1. The quantitative estimate of drug-likeness (QED) is 0.770. The Hall–Kier alpha value is -2.08. The first-order valence-electron chi connectivity index (χ1n) is 6.12. The van der Waals surface area contributed by atoms with Crippen molar-refractivity contribution in [3.05, 3.63) is 35.4 Å². The molecule has 6 nitrogen and oxygen atoms in total. The van der Waals surface area contributed by atoms with E-state index >= 15 is 0 Å². The molecule has 7 heteroatoms. The molecule has 0 unspecified atom stereocenters. The van der Waals surface area contributed by atoms with Gasteiger partial charge in [0.25, 0.3) is 0 Å². The molecule has 3 heterocycles. The first kappa shape index (κ1) is 10.8. The fourth-order valence-electron chi connectivity index (χ4n) is 2.10. The molecular formula is C12H11ClN6. The fourth-order valence-corrected chi connectivity index (χ4v) is 2.27. The Labute approximate surface area is 113 Å². The van der Waals surface area contributed by atoms with Gasteiger partial charge in [-0.15, -0.1) is 0 Å². The number of rotatable bonds is 3. The molecule has 0 saturated heterocycles. The van der Waals surface area contributed by atoms with E-state index in [4.69, 9.17) is 11.6 Å². The molecule has 0 aromatic carbocycles. The van der Waals surface area contributed by atoms with Crippen molar-refractivity contribution in [3.63, 3.8) is 0 Å².